The van der Waals surface area contributed by atoms with E-state index in [9.17, 15) is 18.0 Å². The number of carbonyl (C=O) groups is 2. The highest BCUT2D eigenvalue weighted by Crippen LogP contribution is 2.07. The fourth-order valence-electron chi connectivity index (χ4n) is 1.28. The molecule has 0 amide bonds. The number of ether oxygens (including phenoxy) is 1. The second-order valence-electron chi connectivity index (χ2n) is 4.14. The molecule has 7 nitrogen and oxygen atoms in total. The van der Waals surface area contributed by atoms with E-state index < -0.39 is 34.3 Å². The second-order valence-corrected chi connectivity index (χ2v) is 6.11. The molecule has 0 radical (unpaired) electrons. The van der Waals surface area contributed by atoms with Crippen LogP contribution in [-0.2, 0) is 24.3 Å². The molecule has 0 aliphatic heterocycles. The molecule has 0 aromatic rings. The van der Waals surface area contributed by atoms with Gasteiger partial charge in [0.25, 0.3) is 0 Å². The molecule has 0 rings (SSSR count). The predicted molar refractivity (Wildman–Crippen MR) is 64.5 cm³/mol. The van der Waals surface area contributed by atoms with Crippen molar-refractivity contribution < 1.29 is 27.9 Å². The van der Waals surface area contributed by atoms with Gasteiger partial charge in [0.15, 0.2) is 5.75 Å². The maximum atomic E-state index is 11.8. The van der Waals surface area contributed by atoms with Crippen LogP contribution in [0.1, 0.15) is 20.8 Å². The van der Waals surface area contributed by atoms with Gasteiger partial charge in [0, 0.05) is 6.54 Å². The number of hydrogen-bond donors (Lipinski definition) is 1. The van der Waals surface area contributed by atoms with E-state index in [-0.39, 0.29) is 19.1 Å². The summed E-state index contributed by atoms with van der Waals surface area (Å²) in [6, 6.07) is 0. The van der Waals surface area contributed by atoms with E-state index in [1.165, 1.54) is 0 Å². The van der Waals surface area contributed by atoms with Crippen molar-refractivity contribution in [2.45, 2.75) is 20.8 Å². The molecule has 0 spiro atoms. The zero-order chi connectivity index (χ0) is 14.3. The highest BCUT2D eigenvalue weighted by molar-refractivity contribution is 7.89. The topological polar surface area (TPSA) is 101 Å². The van der Waals surface area contributed by atoms with E-state index in [0.717, 1.165) is 4.31 Å². The van der Waals surface area contributed by atoms with Crippen molar-refractivity contribution in [3.05, 3.63) is 0 Å². The Balaban J connectivity index is 4.87. The van der Waals surface area contributed by atoms with Crippen LogP contribution >= 0.6 is 0 Å². The van der Waals surface area contributed by atoms with Gasteiger partial charge in [-0.05, 0) is 12.8 Å². The molecule has 0 aliphatic rings. The van der Waals surface area contributed by atoms with Gasteiger partial charge in [-0.3, -0.25) is 9.59 Å². The SMILES string of the molecule is CCOC(=O)CN(CC(C)C)S(=O)(=O)CC(=O)O. The van der Waals surface area contributed by atoms with Crippen LogP contribution in [-0.4, -0.2) is 55.2 Å². The summed E-state index contributed by atoms with van der Waals surface area (Å²) >= 11 is 0. The van der Waals surface area contributed by atoms with Crippen LogP contribution in [0.15, 0.2) is 0 Å². The lowest BCUT2D eigenvalue weighted by Gasteiger charge is -2.22. The zero-order valence-corrected chi connectivity index (χ0v) is 11.6. The smallest absolute Gasteiger partial charge is 0.321 e. The number of hydrogen-bond acceptors (Lipinski definition) is 5. The van der Waals surface area contributed by atoms with Crippen LogP contribution < -0.4 is 0 Å². The van der Waals surface area contributed by atoms with Crippen LogP contribution in [0.2, 0.25) is 0 Å². The molecule has 8 heteroatoms. The molecule has 0 saturated heterocycles. The van der Waals surface area contributed by atoms with Gasteiger partial charge in [-0.15, -0.1) is 0 Å². The second kappa shape index (κ2) is 7.32. The molecule has 106 valence electrons. The quantitative estimate of drug-likeness (QED) is 0.625. The summed E-state index contributed by atoms with van der Waals surface area (Å²) in [5.41, 5.74) is 0. The minimum Gasteiger partial charge on any atom is -0.480 e. The summed E-state index contributed by atoms with van der Waals surface area (Å²) in [4.78, 5) is 21.8. The molecule has 0 aliphatic carbocycles. The van der Waals surface area contributed by atoms with E-state index >= 15 is 0 Å². The number of carboxylic acid groups (broad SMARTS) is 1. The largest absolute Gasteiger partial charge is 0.480 e. The lowest BCUT2D eigenvalue weighted by atomic mass is 10.2. The lowest BCUT2D eigenvalue weighted by Crippen LogP contribution is -2.41. The van der Waals surface area contributed by atoms with Crippen LogP contribution in [0, 0.1) is 5.92 Å². The summed E-state index contributed by atoms with van der Waals surface area (Å²) in [6.07, 6.45) is 0. The third kappa shape index (κ3) is 6.55. The Labute approximate surface area is 107 Å². The van der Waals surface area contributed by atoms with Gasteiger partial charge in [-0.2, -0.15) is 4.31 Å². The van der Waals surface area contributed by atoms with Gasteiger partial charge in [-0.25, -0.2) is 8.42 Å². The molecule has 0 aromatic heterocycles. The first-order valence-corrected chi connectivity index (χ1v) is 7.15. The molecule has 18 heavy (non-hydrogen) atoms. The fraction of sp³-hybridized carbons (Fsp3) is 0.800. The fourth-order valence-corrected chi connectivity index (χ4v) is 2.60. The summed E-state index contributed by atoms with van der Waals surface area (Å²) in [5.74, 6) is -3.19. The number of rotatable bonds is 8. The molecule has 0 fully saturated rings. The third-order valence-corrected chi connectivity index (χ3v) is 3.56. The maximum Gasteiger partial charge on any atom is 0.321 e. The zero-order valence-electron chi connectivity index (χ0n) is 10.7. The first kappa shape index (κ1) is 16.9. The van der Waals surface area contributed by atoms with Gasteiger partial charge < -0.3 is 9.84 Å². The maximum absolute atomic E-state index is 11.8. The molecular weight excluding hydrogens is 262 g/mol. The molecule has 0 atom stereocenters. The van der Waals surface area contributed by atoms with Crippen LogP contribution in [0.25, 0.3) is 0 Å². The van der Waals surface area contributed by atoms with Crippen molar-refractivity contribution in [1.29, 1.82) is 0 Å². The Morgan fingerprint density at radius 1 is 1.33 bits per heavy atom. The summed E-state index contributed by atoms with van der Waals surface area (Å²) < 4.78 is 29.0. The Morgan fingerprint density at radius 2 is 1.89 bits per heavy atom. The van der Waals surface area contributed by atoms with Gasteiger partial charge in [0.1, 0.15) is 6.54 Å². The van der Waals surface area contributed by atoms with Crippen molar-refractivity contribution >= 4 is 22.0 Å². The minimum absolute atomic E-state index is 0.0250. The molecule has 1 N–H and O–H groups in total. The monoisotopic (exact) mass is 281 g/mol. The number of nitrogens with zero attached hydrogens (tertiary/aromatic N) is 1. The number of aliphatic carboxylic acids is 1. The molecule has 0 heterocycles. The van der Waals surface area contributed by atoms with Crippen LogP contribution in [0.3, 0.4) is 0 Å². The normalized spacial score (nSPS) is 11.8. The highest BCUT2D eigenvalue weighted by atomic mass is 32.2. The van der Waals surface area contributed by atoms with Crippen molar-refractivity contribution in [2.24, 2.45) is 5.92 Å². The molecular formula is C10H19NO6S. The first-order chi connectivity index (χ1) is 8.19. The Kier molecular flexibility index (Phi) is 6.85. The standard InChI is InChI=1S/C10H19NO6S/c1-4-17-10(14)6-11(5-8(2)3)18(15,16)7-9(12)13/h8H,4-7H2,1-3H3,(H,12,13). The Bertz CT molecular complexity index is 389. The molecule has 0 bridgehead atoms. The number of carbonyl (C=O) groups excluding carboxylic acids is 1. The lowest BCUT2D eigenvalue weighted by molar-refractivity contribution is -0.143. The van der Waals surface area contributed by atoms with E-state index in [4.69, 9.17) is 5.11 Å². The Morgan fingerprint density at radius 3 is 2.28 bits per heavy atom. The van der Waals surface area contributed by atoms with Gasteiger partial charge in [-0.1, -0.05) is 13.8 Å². The number of esters is 1. The number of sulfonamides is 1. The average Bonchev–Trinajstić information content (AvgIpc) is 2.14. The molecule has 0 saturated carbocycles. The van der Waals surface area contributed by atoms with Crippen LogP contribution in [0.4, 0.5) is 0 Å². The van der Waals surface area contributed by atoms with Crippen molar-refractivity contribution in [3.8, 4) is 0 Å². The van der Waals surface area contributed by atoms with E-state index in [1.807, 2.05) is 0 Å². The minimum atomic E-state index is -4.00. The third-order valence-electron chi connectivity index (χ3n) is 1.88. The van der Waals surface area contributed by atoms with Crippen molar-refractivity contribution in [3.63, 3.8) is 0 Å². The predicted octanol–water partition coefficient (Wildman–Crippen LogP) is -0.0781. The van der Waals surface area contributed by atoms with Crippen LogP contribution in [0.5, 0.6) is 0 Å². The van der Waals surface area contributed by atoms with E-state index in [2.05, 4.69) is 4.74 Å². The van der Waals surface area contributed by atoms with E-state index in [1.54, 1.807) is 20.8 Å². The average molecular weight is 281 g/mol. The Hall–Kier alpha value is -1.15. The van der Waals surface area contributed by atoms with Gasteiger partial charge in [0.2, 0.25) is 10.0 Å². The summed E-state index contributed by atoms with van der Waals surface area (Å²) in [5, 5.41) is 8.55. The summed E-state index contributed by atoms with van der Waals surface area (Å²) in [6.45, 7) is 4.92. The molecule has 0 unspecified atom stereocenters. The van der Waals surface area contributed by atoms with Gasteiger partial charge >= 0.3 is 11.9 Å². The first-order valence-electron chi connectivity index (χ1n) is 5.54. The highest BCUT2D eigenvalue weighted by Gasteiger charge is 2.28. The van der Waals surface area contributed by atoms with Crippen molar-refractivity contribution in [2.75, 3.05) is 25.4 Å². The van der Waals surface area contributed by atoms with E-state index in [0.29, 0.717) is 0 Å². The number of carboxylic acids is 1. The molecule has 0 aromatic carbocycles. The van der Waals surface area contributed by atoms with Crippen molar-refractivity contribution in [1.82, 2.24) is 4.31 Å². The van der Waals surface area contributed by atoms with Gasteiger partial charge in [0.05, 0.1) is 6.61 Å². The summed E-state index contributed by atoms with van der Waals surface area (Å²) in [7, 11) is -4.00.